The van der Waals surface area contributed by atoms with E-state index in [9.17, 15) is 0 Å². The second-order valence-corrected chi connectivity index (χ2v) is 6.21. The number of aliphatic imine (C=N–C) groups is 1. The summed E-state index contributed by atoms with van der Waals surface area (Å²) in [5.41, 5.74) is 3.49. The van der Waals surface area contributed by atoms with E-state index in [0.29, 0.717) is 18.3 Å². The largest absolute Gasteiger partial charge is 0.493 e. The maximum Gasteiger partial charge on any atom is 0.195 e. The maximum atomic E-state index is 5.56. The lowest BCUT2D eigenvalue weighted by Gasteiger charge is -2.14. The molecule has 152 valence electrons. The highest BCUT2D eigenvalue weighted by atomic mass is 127. The SMILES string of the molecule is CCOc1ccc(NC(=NC)NCCc2ccc3c(c2)CCO3)cc1OC.I. The average molecular weight is 497 g/mol. The highest BCUT2D eigenvalue weighted by molar-refractivity contribution is 14.0. The Balaban J connectivity index is 0.00000280. The molecule has 0 aliphatic carbocycles. The third kappa shape index (κ3) is 5.67. The Morgan fingerprint density at radius 2 is 2.04 bits per heavy atom. The molecule has 1 heterocycles. The van der Waals surface area contributed by atoms with Gasteiger partial charge in [0.05, 0.1) is 20.3 Å². The summed E-state index contributed by atoms with van der Waals surface area (Å²) in [6.45, 7) is 4.12. The van der Waals surface area contributed by atoms with Gasteiger partial charge in [-0.1, -0.05) is 12.1 Å². The van der Waals surface area contributed by atoms with Gasteiger partial charge in [0.25, 0.3) is 0 Å². The molecule has 0 spiro atoms. The van der Waals surface area contributed by atoms with Crippen molar-refractivity contribution in [3.8, 4) is 17.2 Å². The third-order valence-corrected chi connectivity index (χ3v) is 4.41. The van der Waals surface area contributed by atoms with Gasteiger partial charge in [-0.3, -0.25) is 4.99 Å². The van der Waals surface area contributed by atoms with E-state index in [1.165, 1.54) is 11.1 Å². The van der Waals surface area contributed by atoms with Crippen molar-refractivity contribution < 1.29 is 14.2 Å². The van der Waals surface area contributed by atoms with Crippen LogP contribution in [-0.2, 0) is 12.8 Å². The third-order valence-electron chi connectivity index (χ3n) is 4.41. The van der Waals surface area contributed by atoms with Crippen molar-refractivity contribution in [3.63, 3.8) is 0 Å². The minimum atomic E-state index is 0. The molecule has 2 aromatic rings. The molecule has 0 saturated heterocycles. The van der Waals surface area contributed by atoms with Gasteiger partial charge < -0.3 is 24.8 Å². The smallest absolute Gasteiger partial charge is 0.195 e. The molecule has 0 amide bonds. The molecule has 2 aromatic carbocycles. The number of nitrogens with zero attached hydrogens (tertiary/aromatic N) is 1. The molecule has 0 unspecified atom stereocenters. The highest BCUT2D eigenvalue weighted by Crippen LogP contribution is 2.30. The Bertz CT molecular complexity index is 811. The van der Waals surface area contributed by atoms with E-state index in [2.05, 4.69) is 33.8 Å². The van der Waals surface area contributed by atoms with Crippen molar-refractivity contribution in [2.75, 3.05) is 39.2 Å². The predicted octanol–water partition coefficient (Wildman–Crippen LogP) is 3.88. The monoisotopic (exact) mass is 497 g/mol. The van der Waals surface area contributed by atoms with Crippen molar-refractivity contribution in [2.24, 2.45) is 4.99 Å². The van der Waals surface area contributed by atoms with Gasteiger partial charge in [0.2, 0.25) is 0 Å². The first-order valence-corrected chi connectivity index (χ1v) is 9.26. The number of hydrogen-bond donors (Lipinski definition) is 2. The summed E-state index contributed by atoms with van der Waals surface area (Å²) in [5, 5.41) is 6.63. The zero-order chi connectivity index (χ0) is 19.1. The Labute approximate surface area is 183 Å². The summed E-state index contributed by atoms with van der Waals surface area (Å²) in [5.74, 6) is 3.16. The number of ether oxygens (including phenoxy) is 3. The van der Waals surface area contributed by atoms with Crippen molar-refractivity contribution in [2.45, 2.75) is 19.8 Å². The summed E-state index contributed by atoms with van der Waals surface area (Å²) >= 11 is 0. The molecule has 0 radical (unpaired) electrons. The minimum absolute atomic E-state index is 0. The van der Waals surface area contributed by atoms with E-state index in [1.807, 2.05) is 25.1 Å². The van der Waals surface area contributed by atoms with Gasteiger partial charge in [-0.2, -0.15) is 0 Å². The normalized spacial score (nSPS) is 12.5. The van der Waals surface area contributed by atoms with Gasteiger partial charge in [0.15, 0.2) is 17.5 Å². The van der Waals surface area contributed by atoms with E-state index in [1.54, 1.807) is 14.2 Å². The Kier molecular flexibility index (Phi) is 8.69. The summed E-state index contributed by atoms with van der Waals surface area (Å²) in [4.78, 5) is 4.29. The molecule has 3 rings (SSSR count). The quantitative estimate of drug-likeness (QED) is 0.346. The Morgan fingerprint density at radius 3 is 2.79 bits per heavy atom. The first-order valence-electron chi connectivity index (χ1n) is 9.26. The Morgan fingerprint density at radius 1 is 1.18 bits per heavy atom. The second kappa shape index (κ2) is 11.0. The fourth-order valence-electron chi connectivity index (χ4n) is 3.06. The van der Waals surface area contributed by atoms with E-state index in [4.69, 9.17) is 14.2 Å². The lowest BCUT2D eigenvalue weighted by atomic mass is 10.1. The van der Waals surface area contributed by atoms with Crippen LogP contribution < -0.4 is 24.8 Å². The number of benzene rings is 2. The number of fused-ring (bicyclic) bond motifs is 1. The van der Waals surface area contributed by atoms with Crippen LogP contribution in [0.5, 0.6) is 17.2 Å². The molecule has 1 aliphatic rings. The molecule has 0 fully saturated rings. The first-order chi connectivity index (χ1) is 13.2. The standard InChI is InChI=1S/C21H27N3O3.HI/c1-4-26-19-8-6-17(14-20(19)25-3)24-21(22-2)23-11-9-15-5-7-18-16(13-15)10-12-27-18;/h5-8,13-14H,4,9-12H2,1-3H3,(H2,22,23,24);1H. The van der Waals surface area contributed by atoms with E-state index in [0.717, 1.165) is 43.2 Å². The molecular formula is C21H28IN3O3. The Hall–Kier alpha value is -2.16. The van der Waals surface area contributed by atoms with Crippen molar-refractivity contribution >= 4 is 35.6 Å². The molecule has 7 heteroatoms. The topological polar surface area (TPSA) is 64.1 Å². The lowest BCUT2D eigenvalue weighted by molar-refractivity contribution is 0.311. The van der Waals surface area contributed by atoms with Crippen LogP contribution in [-0.4, -0.2) is 39.9 Å². The number of rotatable bonds is 7. The fraction of sp³-hybridized carbons (Fsp3) is 0.381. The number of anilines is 1. The molecule has 28 heavy (non-hydrogen) atoms. The summed E-state index contributed by atoms with van der Waals surface area (Å²) in [6.07, 6.45) is 1.92. The van der Waals surface area contributed by atoms with Crippen molar-refractivity contribution in [1.29, 1.82) is 0 Å². The number of hydrogen-bond acceptors (Lipinski definition) is 4. The minimum Gasteiger partial charge on any atom is -0.493 e. The molecule has 0 aromatic heterocycles. The molecule has 6 nitrogen and oxygen atoms in total. The van der Waals surface area contributed by atoms with Crippen LogP contribution in [0, 0.1) is 0 Å². The van der Waals surface area contributed by atoms with Crippen LogP contribution >= 0.6 is 24.0 Å². The van der Waals surface area contributed by atoms with Crippen LogP contribution in [0.1, 0.15) is 18.1 Å². The van der Waals surface area contributed by atoms with Crippen LogP contribution in [0.15, 0.2) is 41.4 Å². The summed E-state index contributed by atoms with van der Waals surface area (Å²) < 4.78 is 16.5. The fourth-order valence-corrected chi connectivity index (χ4v) is 3.06. The molecule has 0 saturated carbocycles. The van der Waals surface area contributed by atoms with Crippen LogP contribution in [0.3, 0.4) is 0 Å². The number of guanidine groups is 1. The van der Waals surface area contributed by atoms with E-state index in [-0.39, 0.29) is 24.0 Å². The highest BCUT2D eigenvalue weighted by Gasteiger charge is 2.12. The molecule has 0 atom stereocenters. The van der Waals surface area contributed by atoms with Crippen molar-refractivity contribution in [1.82, 2.24) is 5.32 Å². The van der Waals surface area contributed by atoms with E-state index < -0.39 is 0 Å². The van der Waals surface area contributed by atoms with Crippen LogP contribution in [0.2, 0.25) is 0 Å². The van der Waals surface area contributed by atoms with Gasteiger partial charge in [-0.05, 0) is 42.7 Å². The van der Waals surface area contributed by atoms with E-state index >= 15 is 0 Å². The van der Waals surface area contributed by atoms with Gasteiger partial charge >= 0.3 is 0 Å². The lowest BCUT2D eigenvalue weighted by Crippen LogP contribution is -2.32. The number of halogens is 1. The second-order valence-electron chi connectivity index (χ2n) is 6.21. The van der Waals surface area contributed by atoms with Crippen LogP contribution in [0.25, 0.3) is 0 Å². The van der Waals surface area contributed by atoms with Gasteiger partial charge in [-0.25, -0.2) is 0 Å². The van der Waals surface area contributed by atoms with Crippen LogP contribution in [0.4, 0.5) is 5.69 Å². The maximum absolute atomic E-state index is 5.56. The summed E-state index contributed by atoms with van der Waals surface area (Å²) in [6, 6.07) is 12.2. The number of methoxy groups -OCH3 is 1. The predicted molar refractivity (Wildman–Crippen MR) is 124 cm³/mol. The first kappa shape index (κ1) is 22.1. The average Bonchev–Trinajstić information content (AvgIpc) is 3.16. The molecule has 2 N–H and O–H groups in total. The summed E-state index contributed by atoms with van der Waals surface area (Å²) in [7, 11) is 3.39. The van der Waals surface area contributed by atoms with Gasteiger partial charge in [-0.15, -0.1) is 24.0 Å². The number of nitrogens with one attached hydrogen (secondary N) is 2. The van der Waals surface area contributed by atoms with Crippen molar-refractivity contribution in [3.05, 3.63) is 47.5 Å². The molecule has 1 aliphatic heterocycles. The van der Waals surface area contributed by atoms with Gasteiger partial charge in [0.1, 0.15) is 5.75 Å². The molecule has 0 bridgehead atoms. The molecular weight excluding hydrogens is 469 g/mol. The van der Waals surface area contributed by atoms with Gasteiger partial charge in [0, 0.05) is 31.8 Å². The zero-order valence-corrected chi connectivity index (χ0v) is 18.9. The zero-order valence-electron chi connectivity index (χ0n) is 16.6.